The van der Waals surface area contributed by atoms with Gasteiger partial charge in [-0.1, -0.05) is 32.6 Å². The molecular weight excluding hydrogens is 263 g/mol. The van der Waals surface area contributed by atoms with Gasteiger partial charge in [-0.2, -0.15) is 0 Å². The minimum atomic E-state index is -0.671. The molecule has 0 aliphatic carbocycles. The third kappa shape index (κ3) is 5.34. The zero-order valence-corrected chi connectivity index (χ0v) is 11.5. The van der Waals surface area contributed by atoms with Crippen LogP contribution in [0, 0.1) is 15.9 Å². The Morgan fingerprint density at radius 1 is 1.30 bits per heavy atom. The Bertz CT molecular complexity index is 477. The zero-order chi connectivity index (χ0) is 15.0. The van der Waals surface area contributed by atoms with Gasteiger partial charge in [0, 0.05) is 18.6 Å². The van der Waals surface area contributed by atoms with E-state index in [2.05, 4.69) is 12.2 Å². The minimum Gasteiger partial charge on any atom is -0.323 e. The van der Waals surface area contributed by atoms with Gasteiger partial charge in [-0.05, 0) is 12.5 Å². The summed E-state index contributed by atoms with van der Waals surface area (Å²) in [6.45, 7) is 2.11. The SMILES string of the molecule is CCCCCCCC(=O)Nc1cc([N+](=O)[O-])ccc1F. The number of nitrogens with one attached hydrogen (secondary N) is 1. The van der Waals surface area contributed by atoms with Crippen molar-refractivity contribution in [2.45, 2.75) is 45.4 Å². The Kier molecular flexibility index (Phi) is 6.63. The molecule has 0 atom stereocenters. The van der Waals surface area contributed by atoms with Crippen molar-refractivity contribution in [3.63, 3.8) is 0 Å². The molecule has 1 aromatic rings. The highest BCUT2D eigenvalue weighted by Crippen LogP contribution is 2.21. The number of anilines is 1. The maximum Gasteiger partial charge on any atom is 0.271 e. The second kappa shape index (κ2) is 8.24. The number of benzene rings is 1. The van der Waals surface area contributed by atoms with Crippen LogP contribution in [0.3, 0.4) is 0 Å². The highest BCUT2D eigenvalue weighted by atomic mass is 19.1. The van der Waals surface area contributed by atoms with Gasteiger partial charge in [-0.25, -0.2) is 4.39 Å². The van der Waals surface area contributed by atoms with Gasteiger partial charge in [0.15, 0.2) is 0 Å². The molecule has 0 bridgehead atoms. The minimum absolute atomic E-state index is 0.141. The van der Waals surface area contributed by atoms with Crippen molar-refractivity contribution >= 4 is 17.3 Å². The Morgan fingerprint density at radius 3 is 2.65 bits per heavy atom. The zero-order valence-electron chi connectivity index (χ0n) is 11.5. The summed E-state index contributed by atoms with van der Waals surface area (Å²) in [4.78, 5) is 21.6. The molecule has 6 heteroatoms. The van der Waals surface area contributed by atoms with Crippen molar-refractivity contribution in [1.29, 1.82) is 0 Å². The number of nitro benzene ring substituents is 1. The topological polar surface area (TPSA) is 72.2 Å². The molecule has 0 aliphatic rings. The van der Waals surface area contributed by atoms with Crippen molar-refractivity contribution in [1.82, 2.24) is 0 Å². The van der Waals surface area contributed by atoms with Crippen molar-refractivity contribution in [3.8, 4) is 0 Å². The van der Waals surface area contributed by atoms with E-state index in [1.165, 1.54) is 0 Å². The second-order valence-corrected chi connectivity index (χ2v) is 4.63. The lowest BCUT2D eigenvalue weighted by Crippen LogP contribution is -2.12. The van der Waals surface area contributed by atoms with Crippen LogP contribution in [0.1, 0.15) is 45.4 Å². The molecule has 0 unspecified atom stereocenters. The van der Waals surface area contributed by atoms with Crippen LogP contribution in [0.25, 0.3) is 0 Å². The number of nitro groups is 1. The number of carbonyl (C=O) groups is 1. The first kappa shape index (κ1) is 16.1. The molecular formula is C14H19FN2O3. The van der Waals surface area contributed by atoms with E-state index >= 15 is 0 Å². The van der Waals surface area contributed by atoms with Crippen LogP contribution in [0.15, 0.2) is 18.2 Å². The summed E-state index contributed by atoms with van der Waals surface area (Å²) in [5, 5.41) is 13.0. The van der Waals surface area contributed by atoms with E-state index in [-0.39, 0.29) is 17.3 Å². The molecule has 0 saturated carbocycles. The Hall–Kier alpha value is -1.98. The number of halogens is 1. The number of amides is 1. The van der Waals surface area contributed by atoms with Gasteiger partial charge in [0.25, 0.3) is 5.69 Å². The fraction of sp³-hybridized carbons (Fsp3) is 0.500. The average molecular weight is 282 g/mol. The summed E-state index contributed by atoms with van der Waals surface area (Å²) >= 11 is 0. The van der Waals surface area contributed by atoms with E-state index < -0.39 is 10.7 Å². The lowest BCUT2D eigenvalue weighted by Gasteiger charge is -2.06. The Labute approximate surface area is 117 Å². The second-order valence-electron chi connectivity index (χ2n) is 4.63. The fourth-order valence-corrected chi connectivity index (χ4v) is 1.82. The van der Waals surface area contributed by atoms with E-state index in [0.29, 0.717) is 6.42 Å². The Morgan fingerprint density at radius 2 is 2.00 bits per heavy atom. The predicted molar refractivity (Wildman–Crippen MR) is 75.1 cm³/mol. The molecule has 0 fully saturated rings. The third-order valence-corrected chi connectivity index (χ3v) is 2.94. The van der Waals surface area contributed by atoms with Gasteiger partial charge in [0.1, 0.15) is 5.82 Å². The highest BCUT2D eigenvalue weighted by molar-refractivity contribution is 5.91. The van der Waals surface area contributed by atoms with E-state index in [4.69, 9.17) is 0 Å². The van der Waals surface area contributed by atoms with E-state index in [0.717, 1.165) is 50.3 Å². The van der Waals surface area contributed by atoms with Crippen LogP contribution >= 0.6 is 0 Å². The predicted octanol–water partition coefficient (Wildman–Crippen LogP) is 4.03. The van der Waals surface area contributed by atoms with E-state index in [1.54, 1.807) is 0 Å². The smallest absolute Gasteiger partial charge is 0.271 e. The fourth-order valence-electron chi connectivity index (χ4n) is 1.82. The quantitative estimate of drug-likeness (QED) is 0.444. The molecule has 0 heterocycles. The maximum atomic E-state index is 13.4. The van der Waals surface area contributed by atoms with Crippen molar-refractivity contribution in [3.05, 3.63) is 34.1 Å². The highest BCUT2D eigenvalue weighted by Gasteiger charge is 2.12. The van der Waals surface area contributed by atoms with Crippen molar-refractivity contribution in [2.24, 2.45) is 0 Å². The number of hydrogen-bond acceptors (Lipinski definition) is 3. The molecule has 5 nitrogen and oxygen atoms in total. The van der Waals surface area contributed by atoms with Crippen LogP contribution in [-0.4, -0.2) is 10.8 Å². The molecule has 0 radical (unpaired) electrons. The third-order valence-electron chi connectivity index (χ3n) is 2.94. The lowest BCUT2D eigenvalue weighted by molar-refractivity contribution is -0.384. The summed E-state index contributed by atoms with van der Waals surface area (Å²) in [6.07, 6.45) is 5.34. The number of carbonyl (C=O) groups excluding carboxylic acids is 1. The number of non-ortho nitro benzene ring substituents is 1. The monoisotopic (exact) mass is 282 g/mol. The summed E-state index contributed by atoms with van der Waals surface area (Å²) < 4.78 is 13.4. The Balaban J connectivity index is 2.49. The van der Waals surface area contributed by atoms with Crippen LogP contribution in [0.4, 0.5) is 15.8 Å². The number of rotatable bonds is 8. The number of unbranched alkanes of at least 4 members (excludes halogenated alkanes) is 4. The number of nitrogens with zero attached hydrogens (tertiary/aromatic N) is 1. The first-order valence-electron chi connectivity index (χ1n) is 6.78. The van der Waals surface area contributed by atoms with E-state index in [9.17, 15) is 19.3 Å². The summed E-state index contributed by atoms with van der Waals surface area (Å²) in [6, 6.07) is 3.08. The molecule has 0 spiro atoms. The van der Waals surface area contributed by atoms with Gasteiger partial charge in [0.05, 0.1) is 10.6 Å². The molecule has 0 aliphatic heterocycles. The van der Waals surface area contributed by atoms with Crippen molar-refractivity contribution in [2.75, 3.05) is 5.32 Å². The molecule has 1 N–H and O–H groups in total. The standard InChI is InChI=1S/C14H19FN2O3/c1-2-3-4-5-6-7-14(18)16-13-10-11(17(19)20)8-9-12(13)15/h8-10H,2-7H2,1H3,(H,16,18). The van der Waals surface area contributed by atoms with E-state index in [1.807, 2.05) is 0 Å². The average Bonchev–Trinajstić information content (AvgIpc) is 2.40. The molecule has 1 amide bonds. The lowest BCUT2D eigenvalue weighted by atomic mass is 10.1. The maximum absolute atomic E-state index is 13.4. The van der Waals surface area contributed by atoms with Crippen LogP contribution in [0.5, 0.6) is 0 Å². The van der Waals surface area contributed by atoms with Gasteiger partial charge < -0.3 is 5.32 Å². The molecule has 0 saturated heterocycles. The largest absolute Gasteiger partial charge is 0.323 e. The van der Waals surface area contributed by atoms with Crippen LogP contribution in [0.2, 0.25) is 0 Å². The first-order valence-corrected chi connectivity index (χ1v) is 6.78. The molecule has 1 aromatic carbocycles. The molecule has 1 rings (SSSR count). The molecule has 0 aromatic heterocycles. The van der Waals surface area contributed by atoms with Crippen LogP contribution in [-0.2, 0) is 4.79 Å². The first-order chi connectivity index (χ1) is 9.54. The van der Waals surface area contributed by atoms with Crippen molar-refractivity contribution < 1.29 is 14.1 Å². The van der Waals surface area contributed by atoms with Gasteiger partial charge >= 0.3 is 0 Å². The number of hydrogen-bond donors (Lipinski definition) is 1. The van der Waals surface area contributed by atoms with Gasteiger partial charge in [-0.3, -0.25) is 14.9 Å². The summed E-state index contributed by atoms with van der Waals surface area (Å²) in [5.74, 6) is -0.990. The molecule has 110 valence electrons. The normalized spacial score (nSPS) is 10.3. The molecule has 20 heavy (non-hydrogen) atoms. The summed E-state index contributed by atoms with van der Waals surface area (Å²) in [5.41, 5.74) is -0.387. The van der Waals surface area contributed by atoms with Gasteiger partial charge in [-0.15, -0.1) is 0 Å². The van der Waals surface area contributed by atoms with Gasteiger partial charge in [0.2, 0.25) is 5.91 Å². The van der Waals surface area contributed by atoms with Crippen LogP contribution < -0.4 is 5.32 Å². The summed E-state index contributed by atoms with van der Waals surface area (Å²) in [7, 11) is 0.